The molecule has 0 aliphatic carbocycles. The predicted octanol–water partition coefficient (Wildman–Crippen LogP) is 3.48. The first kappa shape index (κ1) is 16.0. The van der Waals surface area contributed by atoms with E-state index in [4.69, 9.17) is 4.74 Å². The van der Waals surface area contributed by atoms with Gasteiger partial charge in [-0.2, -0.15) is 5.10 Å². The lowest BCUT2D eigenvalue weighted by molar-refractivity contribution is -0.119. The molecule has 1 amide bonds. The summed E-state index contributed by atoms with van der Waals surface area (Å²) in [6.45, 7) is 2.60. The molecule has 7 heteroatoms. The number of amides is 1. The topological polar surface area (TPSA) is 79.9 Å². The molecule has 0 bridgehead atoms. The number of hydrogen-bond acceptors (Lipinski definition) is 5. The van der Waals surface area contributed by atoms with Crippen LogP contribution in [0.15, 0.2) is 36.0 Å². The zero-order valence-electron chi connectivity index (χ0n) is 13.8. The van der Waals surface area contributed by atoms with Crippen molar-refractivity contribution >= 4 is 23.1 Å². The smallest absolute Gasteiger partial charge is 0.228 e. The second-order valence-electron chi connectivity index (χ2n) is 5.98. The van der Waals surface area contributed by atoms with E-state index in [0.717, 1.165) is 28.1 Å². The molecule has 1 atom stereocenters. The normalized spacial score (nSPS) is 16.4. The summed E-state index contributed by atoms with van der Waals surface area (Å²) in [6, 6.07) is 5.92. The van der Waals surface area contributed by atoms with Crippen LogP contribution >= 0.6 is 11.3 Å². The lowest BCUT2D eigenvalue weighted by Gasteiger charge is -2.22. The number of carbonyl (C=O) groups excluding carboxylic acids is 1. The van der Waals surface area contributed by atoms with E-state index in [1.165, 1.54) is 5.56 Å². The van der Waals surface area contributed by atoms with E-state index in [9.17, 15) is 4.79 Å². The number of rotatable bonds is 4. The van der Waals surface area contributed by atoms with Gasteiger partial charge in [-0.3, -0.25) is 14.9 Å². The maximum absolute atomic E-state index is 12.5. The standard InChI is InChI=1S/C18H18N4O2S/c1-11-16(12-2-6-19-7-3-12)21-22-18(11)20-15(23)10-14-17-13(4-8-24-14)5-9-25-17/h2-3,5-7,9,14H,4,8,10H2,1H3,(H2,20,21,22,23). The summed E-state index contributed by atoms with van der Waals surface area (Å²) in [5, 5.41) is 12.2. The molecule has 0 radical (unpaired) electrons. The molecular formula is C18H18N4O2S. The Labute approximate surface area is 149 Å². The van der Waals surface area contributed by atoms with E-state index in [2.05, 4.69) is 31.9 Å². The van der Waals surface area contributed by atoms with Gasteiger partial charge in [0.15, 0.2) is 5.82 Å². The molecule has 0 aromatic carbocycles. The molecule has 6 nitrogen and oxygen atoms in total. The Morgan fingerprint density at radius 2 is 2.24 bits per heavy atom. The van der Waals surface area contributed by atoms with Gasteiger partial charge in [-0.25, -0.2) is 0 Å². The number of anilines is 1. The lowest BCUT2D eigenvalue weighted by Crippen LogP contribution is -2.21. The summed E-state index contributed by atoms with van der Waals surface area (Å²) in [7, 11) is 0. The third-order valence-corrected chi connectivity index (χ3v) is 5.42. The van der Waals surface area contributed by atoms with Crippen molar-refractivity contribution in [3.63, 3.8) is 0 Å². The molecule has 0 fully saturated rings. The van der Waals surface area contributed by atoms with Crippen LogP contribution in [0, 0.1) is 6.92 Å². The molecule has 4 heterocycles. The highest BCUT2D eigenvalue weighted by atomic mass is 32.1. The van der Waals surface area contributed by atoms with Crippen molar-refractivity contribution in [2.45, 2.75) is 25.9 Å². The largest absolute Gasteiger partial charge is 0.372 e. The molecule has 1 aliphatic rings. The van der Waals surface area contributed by atoms with E-state index in [1.54, 1.807) is 23.7 Å². The second-order valence-corrected chi connectivity index (χ2v) is 6.93. The van der Waals surface area contributed by atoms with Gasteiger partial charge in [0.25, 0.3) is 0 Å². The summed E-state index contributed by atoms with van der Waals surface area (Å²) in [4.78, 5) is 17.6. The van der Waals surface area contributed by atoms with Crippen LogP contribution in [-0.2, 0) is 16.0 Å². The lowest BCUT2D eigenvalue weighted by atomic mass is 10.1. The van der Waals surface area contributed by atoms with E-state index in [0.29, 0.717) is 18.8 Å². The first-order valence-electron chi connectivity index (χ1n) is 8.15. The van der Waals surface area contributed by atoms with Crippen LogP contribution < -0.4 is 5.32 Å². The van der Waals surface area contributed by atoms with Crippen molar-refractivity contribution < 1.29 is 9.53 Å². The van der Waals surface area contributed by atoms with E-state index in [1.807, 2.05) is 19.1 Å². The molecule has 0 saturated heterocycles. The van der Waals surface area contributed by atoms with Crippen LogP contribution in [0.4, 0.5) is 5.82 Å². The Bertz CT molecular complexity index is 888. The third-order valence-electron chi connectivity index (χ3n) is 4.37. The van der Waals surface area contributed by atoms with Gasteiger partial charge in [-0.1, -0.05) is 0 Å². The minimum absolute atomic E-state index is 0.0953. The number of nitrogens with zero attached hydrogens (tertiary/aromatic N) is 2. The first-order valence-corrected chi connectivity index (χ1v) is 9.03. The van der Waals surface area contributed by atoms with E-state index in [-0.39, 0.29) is 12.0 Å². The summed E-state index contributed by atoms with van der Waals surface area (Å²) >= 11 is 1.65. The fourth-order valence-electron chi connectivity index (χ4n) is 3.05. The molecule has 3 aromatic heterocycles. The Balaban J connectivity index is 1.47. The SMILES string of the molecule is Cc1c(NC(=O)CC2OCCc3ccsc32)n[nH]c1-c1ccncc1. The summed E-state index contributed by atoms with van der Waals surface area (Å²) in [5.41, 5.74) is 4.07. The van der Waals surface area contributed by atoms with Crippen LogP contribution in [-0.4, -0.2) is 27.7 Å². The average molecular weight is 354 g/mol. The highest BCUT2D eigenvalue weighted by Gasteiger charge is 2.25. The van der Waals surface area contributed by atoms with Crippen molar-refractivity contribution in [3.05, 3.63) is 52.0 Å². The van der Waals surface area contributed by atoms with Gasteiger partial charge in [-0.05, 0) is 42.5 Å². The Morgan fingerprint density at radius 3 is 3.08 bits per heavy atom. The van der Waals surface area contributed by atoms with Crippen LogP contribution in [0.25, 0.3) is 11.3 Å². The van der Waals surface area contributed by atoms with Gasteiger partial charge in [0.2, 0.25) is 5.91 Å². The summed E-state index contributed by atoms with van der Waals surface area (Å²) < 4.78 is 5.79. The maximum Gasteiger partial charge on any atom is 0.228 e. The number of hydrogen-bond donors (Lipinski definition) is 2. The van der Waals surface area contributed by atoms with Gasteiger partial charge in [0, 0.05) is 28.4 Å². The Morgan fingerprint density at radius 1 is 1.40 bits per heavy atom. The number of thiophene rings is 1. The second kappa shape index (κ2) is 6.78. The molecular weight excluding hydrogens is 336 g/mol. The molecule has 0 saturated carbocycles. The van der Waals surface area contributed by atoms with Crippen LogP contribution in [0.5, 0.6) is 0 Å². The fraction of sp³-hybridized carbons (Fsp3) is 0.278. The molecule has 128 valence electrons. The number of pyridine rings is 1. The van der Waals surface area contributed by atoms with Gasteiger partial charge < -0.3 is 10.1 Å². The summed E-state index contributed by atoms with van der Waals surface area (Å²) in [5.74, 6) is 0.459. The Hall–Kier alpha value is -2.51. The minimum atomic E-state index is -0.164. The van der Waals surface area contributed by atoms with Crippen molar-refractivity contribution in [2.75, 3.05) is 11.9 Å². The zero-order valence-corrected chi connectivity index (χ0v) is 14.6. The van der Waals surface area contributed by atoms with Gasteiger partial charge in [0.05, 0.1) is 18.7 Å². The van der Waals surface area contributed by atoms with Gasteiger partial charge in [-0.15, -0.1) is 11.3 Å². The van der Waals surface area contributed by atoms with Crippen LogP contribution in [0.1, 0.15) is 28.5 Å². The highest BCUT2D eigenvalue weighted by Crippen LogP contribution is 2.34. The average Bonchev–Trinajstić information content (AvgIpc) is 3.24. The molecule has 1 unspecified atom stereocenters. The number of fused-ring (bicyclic) bond motifs is 1. The van der Waals surface area contributed by atoms with Gasteiger partial charge in [0.1, 0.15) is 6.10 Å². The number of aromatic nitrogens is 3. The fourth-order valence-corrected chi connectivity index (χ4v) is 4.05. The quantitative estimate of drug-likeness (QED) is 0.752. The molecule has 1 aliphatic heterocycles. The number of carbonyl (C=O) groups is 1. The van der Waals surface area contributed by atoms with E-state index < -0.39 is 0 Å². The zero-order chi connectivity index (χ0) is 17.2. The molecule has 2 N–H and O–H groups in total. The van der Waals surface area contributed by atoms with Crippen molar-refractivity contribution in [1.82, 2.24) is 15.2 Å². The monoisotopic (exact) mass is 354 g/mol. The highest BCUT2D eigenvalue weighted by molar-refractivity contribution is 7.10. The molecule has 4 rings (SSSR count). The number of aromatic amines is 1. The van der Waals surface area contributed by atoms with Crippen LogP contribution in [0.3, 0.4) is 0 Å². The summed E-state index contributed by atoms with van der Waals surface area (Å²) in [6.07, 6.45) is 4.51. The van der Waals surface area contributed by atoms with Crippen LogP contribution in [0.2, 0.25) is 0 Å². The molecule has 25 heavy (non-hydrogen) atoms. The first-order chi connectivity index (χ1) is 12.2. The number of ether oxygens (including phenoxy) is 1. The van der Waals surface area contributed by atoms with Crippen molar-refractivity contribution in [3.8, 4) is 11.3 Å². The van der Waals surface area contributed by atoms with Crippen molar-refractivity contribution in [2.24, 2.45) is 0 Å². The van der Waals surface area contributed by atoms with Crippen molar-refractivity contribution in [1.29, 1.82) is 0 Å². The Kier molecular flexibility index (Phi) is 4.33. The van der Waals surface area contributed by atoms with Gasteiger partial charge >= 0.3 is 0 Å². The number of nitrogens with one attached hydrogen (secondary N) is 2. The number of H-pyrrole nitrogens is 1. The molecule has 3 aromatic rings. The molecule has 0 spiro atoms. The van der Waals surface area contributed by atoms with E-state index >= 15 is 0 Å². The third kappa shape index (κ3) is 3.20. The minimum Gasteiger partial charge on any atom is -0.372 e. The predicted molar refractivity (Wildman–Crippen MR) is 96.5 cm³/mol. The maximum atomic E-state index is 12.5.